The Bertz CT molecular complexity index is 2500. The number of carbonyl (C=O) groups excluding carboxylic acids is 7. The van der Waals surface area contributed by atoms with Crippen LogP contribution in [-0.4, -0.2) is 152 Å². The topological polar surface area (TPSA) is 234 Å². The van der Waals surface area contributed by atoms with Crippen LogP contribution in [0.1, 0.15) is 82.4 Å². The summed E-state index contributed by atoms with van der Waals surface area (Å²) in [6, 6.07) is 5.10. The molecule has 2 aromatic carbocycles. The molecule has 2 saturated heterocycles. The highest BCUT2D eigenvalue weighted by atomic mass is 19.3. The standard InChI is InChI=1S/C45H51F3N10O10/c1-55-32-22-50-44(54-38(32)57(26-6-3-4-7-26)24-45(47,48)43(55)65)52-30-21-29(46)28(20-34(30)66-2)39(61)51-25-12-15-56(16-13-25)17-19-67-18-14-49-36(60)23-68-33-9-5-8-27-37(33)42(64)58(41(27)63)31-10-11-35(59)53-40(31)62/h5,8-9,20-22,25-26,31H,3-4,6-7,10-19,23-24H2,1-2H3,(H,49,60)(H,51,61)(H,50,52,54)(H,53,59,62). The zero-order chi connectivity index (χ0) is 48.3. The Balaban J connectivity index is 0.758. The van der Waals surface area contributed by atoms with Crippen molar-refractivity contribution in [2.75, 3.05) is 81.8 Å². The number of rotatable bonds is 16. The Labute approximate surface area is 388 Å². The zero-order valence-electron chi connectivity index (χ0n) is 37.4. The molecule has 1 aromatic heterocycles. The van der Waals surface area contributed by atoms with Gasteiger partial charge in [0.1, 0.15) is 29.0 Å². The number of benzene rings is 2. The average molecular weight is 949 g/mol. The van der Waals surface area contributed by atoms with Crippen molar-refractivity contribution >= 4 is 64.5 Å². The number of hydrogen-bond acceptors (Lipinski definition) is 15. The second-order valence-corrected chi connectivity index (χ2v) is 17.2. The number of nitrogens with one attached hydrogen (secondary N) is 4. The molecule has 1 aliphatic carbocycles. The van der Waals surface area contributed by atoms with Crippen molar-refractivity contribution in [1.29, 1.82) is 0 Å². The SMILES string of the molecule is COc1cc(C(=O)NC2CCN(CCOCCNC(=O)COc3cccc4c3C(=O)N(C3CCC(=O)NC3=O)C4=O)CC2)c(F)cc1Nc1ncc2c(n1)N(C1CCCC1)CC(F)(F)C(=O)N2C. The van der Waals surface area contributed by atoms with Gasteiger partial charge in [-0.3, -0.25) is 43.8 Å². The lowest BCUT2D eigenvalue weighted by Crippen LogP contribution is -2.54. The summed E-state index contributed by atoms with van der Waals surface area (Å²) in [5, 5.41) is 10.6. The highest BCUT2D eigenvalue weighted by Gasteiger charge is 2.49. The summed E-state index contributed by atoms with van der Waals surface area (Å²) in [7, 11) is 2.60. The quantitative estimate of drug-likeness (QED) is 0.119. The molecular formula is C45H51F3N10O10. The predicted molar refractivity (Wildman–Crippen MR) is 236 cm³/mol. The number of ether oxygens (including phenoxy) is 3. The molecule has 1 atom stereocenters. The van der Waals surface area contributed by atoms with Gasteiger partial charge in [0, 0.05) is 57.8 Å². The summed E-state index contributed by atoms with van der Waals surface area (Å²) in [6.45, 7) is 1.33. The molecule has 362 valence electrons. The summed E-state index contributed by atoms with van der Waals surface area (Å²) in [5.41, 5.74) is -0.0509. The second kappa shape index (κ2) is 20.1. The maximum Gasteiger partial charge on any atom is 0.342 e. The van der Waals surface area contributed by atoms with Crippen molar-refractivity contribution in [2.45, 2.75) is 75.4 Å². The Morgan fingerprint density at radius 1 is 0.971 bits per heavy atom. The number of nitrogens with zero attached hydrogens (tertiary/aromatic N) is 6. The molecule has 8 rings (SSSR count). The largest absolute Gasteiger partial charge is 0.495 e. The van der Waals surface area contributed by atoms with Gasteiger partial charge >= 0.3 is 5.92 Å². The van der Waals surface area contributed by atoms with E-state index in [0.29, 0.717) is 51.9 Å². The number of likely N-dealkylation sites (tertiary alicyclic amines) is 1. The van der Waals surface area contributed by atoms with E-state index in [1.165, 1.54) is 49.5 Å². The van der Waals surface area contributed by atoms with E-state index in [9.17, 15) is 33.6 Å². The number of anilines is 4. The molecule has 0 radical (unpaired) electrons. The number of halogens is 3. The van der Waals surface area contributed by atoms with Crippen LogP contribution in [0.2, 0.25) is 0 Å². The molecule has 1 unspecified atom stereocenters. The minimum Gasteiger partial charge on any atom is -0.495 e. The molecule has 23 heteroatoms. The fourth-order valence-electron chi connectivity index (χ4n) is 9.14. The number of fused-ring (bicyclic) bond motifs is 2. The van der Waals surface area contributed by atoms with Crippen molar-refractivity contribution in [3.8, 4) is 11.5 Å². The number of amides is 7. The molecule has 7 amide bonds. The average Bonchev–Trinajstić information content (AvgIpc) is 3.93. The highest BCUT2D eigenvalue weighted by Crippen LogP contribution is 2.40. The van der Waals surface area contributed by atoms with Gasteiger partial charge in [-0.1, -0.05) is 18.9 Å². The van der Waals surface area contributed by atoms with E-state index in [2.05, 4.69) is 36.1 Å². The molecule has 68 heavy (non-hydrogen) atoms. The fourth-order valence-corrected chi connectivity index (χ4v) is 9.14. The smallest absolute Gasteiger partial charge is 0.342 e. The number of methoxy groups -OCH3 is 1. The van der Waals surface area contributed by atoms with E-state index in [4.69, 9.17) is 14.2 Å². The molecule has 1 saturated carbocycles. The molecule has 0 bridgehead atoms. The molecule has 4 aliphatic heterocycles. The molecule has 4 N–H and O–H groups in total. The lowest BCUT2D eigenvalue weighted by Gasteiger charge is -2.32. The lowest BCUT2D eigenvalue weighted by molar-refractivity contribution is -0.140. The van der Waals surface area contributed by atoms with Crippen LogP contribution >= 0.6 is 0 Å². The van der Waals surface area contributed by atoms with Crippen LogP contribution in [0.25, 0.3) is 0 Å². The van der Waals surface area contributed by atoms with Crippen molar-refractivity contribution < 1.29 is 60.9 Å². The number of alkyl halides is 2. The first-order chi connectivity index (χ1) is 32.6. The fraction of sp³-hybridized carbons (Fsp3) is 0.489. The van der Waals surface area contributed by atoms with Gasteiger partial charge < -0.3 is 44.9 Å². The van der Waals surface area contributed by atoms with Crippen LogP contribution in [0.3, 0.4) is 0 Å². The zero-order valence-corrected chi connectivity index (χ0v) is 37.4. The molecule has 5 aliphatic rings. The highest BCUT2D eigenvalue weighted by molar-refractivity contribution is 6.24. The Kier molecular flexibility index (Phi) is 14.1. The van der Waals surface area contributed by atoms with Crippen LogP contribution in [0.5, 0.6) is 11.5 Å². The normalized spacial score (nSPS) is 19.9. The van der Waals surface area contributed by atoms with Crippen LogP contribution < -0.4 is 40.5 Å². The molecule has 20 nitrogen and oxygen atoms in total. The minimum atomic E-state index is -3.65. The van der Waals surface area contributed by atoms with Gasteiger partial charge in [0.15, 0.2) is 12.4 Å². The third kappa shape index (κ3) is 10.0. The van der Waals surface area contributed by atoms with E-state index in [1.807, 2.05) is 0 Å². The maximum atomic E-state index is 15.6. The van der Waals surface area contributed by atoms with Crippen LogP contribution in [0, 0.1) is 5.82 Å². The van der Waals surface area contributed by atoms with Crippen molar-refractivity contribution in [3.05, 3.63) is 59.0 Å². The van der Waals surface area contributed by atoms with E-state index in [-0.39, 0.29) is 89.4 Å². The van der Waals surface area contributed by atoms with Crippen molar-refractivity contribution in [2.24, 2.45) is 0 Å². The summed E-state index contributed by atoms with van der Waals surface area (Å²) in [6.07, 6.45) is 5.51. The van der Waals surface area contributed by atoms with E-state index >= 15 is 13.2 Å². The minimum absolute atomic E-state index is 0.00748. The van der Waals surface area contributed by atoms with Crippen molar-refractivity contribution in [3.63, 3.8) is 0 Å². The monoisotopic (exact) mass is 948 g/mol. The summed E-state index contributed by atoms with van der Waals surface area (Å²) in [5.74, 6) is -9.39. The second-order valence-electron chi connectivity index (χ2n) is 17.2. The van der Waals surface area contributed by atoms with Crippen LogP contribution in [-0.2, 0) is 23.9 Å². The van der Waals surface area contributed by atoms with Gasteiger partial charge in [0.2, 0.25) is 17.8 Å². The Morgan fingerprint density at radius 3 is 2.47 bits per heavy atom. The van der Waals surface area contributed by atoms with E-state index < -0.39 is 72.3 Å². The number of piperidine rings is 2. The first kappa shape index (κ1) is 47.6. The molecular weight excluding hydrogens is 898 g/mol. The molecule has 3 fully saturated rings. The number of carbonyl (C=O) groups is 7. The number of aromatic nitrogens is 2. The maximum absolute atomic E-state index is 15.6. The Hall–Kier alpha value is -6.88. The number of imide groups is 2. The van der Waals surface area contributed by atoms with Gasteiger partial charge in [0.05, 0.1) is 55.4 Å². The van der Waals surface area contributed by atoms with Gasteiger partial charge in [0.25, 0.3) is 29.5 Å². The molecule has 0 spiro atoms. The summed E-state index contributed by atoms with van der Waals surface area (Å²) < 4.78 is 62.5. The van der Waals surface area contributed by atoms with Gasteiger partial charge in [-0.2, -0.15) is 13.8 Å². The predicted octanol–water partition coefficient (Wildman–Crippen LogP) is 2.54. The lowest BCUT2D eigenvalue weighted by atomic mass is 10.0. The number of hydrogen-bond donors (Lipinski definition) is 4. The molecule has 3 aromatic rings. The van der Waals surface area contributed by atoms with Gasteiger partial charge in [-0.05, 0) is 50.3 Å². The Morgan fingerprint density at radius 2 is 1.74 bits per heavy atom. The van der Waals surface area contributed by atoms with E-state index in [1.54, 1.807) is 0 Å². The van der Waals surface area contributed by atoms with Gasteiger partial charge in [-0.25, -0.2) is 9.37 Å². The van der Waals surface area contributed by atoms with Crippen LogP contribution in [0.4, 0.5) is 36.3 Å². The van der Waals surface area contributed by atoms with E-state index in [0.717, 1.165) is 28.7 Å². The van der Waals surface area contributed by atoms with Gasteiger partial charge in [-0.15, -0.1) is 0 Å². The third-order valence-corrected chi connectivity index (χ3v) is 12.7. The summed E-state index contributed by atoms with van der Waals surface area (Å²) >= 11 is 0. The first-order valence-corrected chi connectivity index (χ1v) is 22.4. The third-order valence-electron chi connectivity index (χ3n) is 12.7. The summed E-state index contributed by atoms with van der Waals surface area (Å²) in [4.78, 5) is 103. The van der Waals surface area contributed by atoms with Crippen LogP contribution in [0.15, 0.2) is 36.5 Å². The van der Waals surface area contributed by atoms with Crippen molar-refractivity contribution in [1.82, 2.24) is 35.7 Å². The molecule has 5 heterocycles. The first-order valence-electron chi connectivity index (χ1n) is 22.4.